The first kappa shape index (κ1) is 22.9. The molecule has 1 saturated carbocycles. The van der Waals surface area contributed by atoms with E-state index in [1.54, 1.807) is 6.33 Å². The van der Waals surface area contributed by atoms with Crippen LogP contribution in [-0.4, -0.2) is 40.8 Å². The van der Waals surface area contributed by atoms with Crippen LogP contribution < -0.4 is 10.2 Å². The zero-order chi connectivity index (χ0) is 21.8. The maximum Gasteiger partial charge on any atom is 0.226 e. The highest BCUT2D eigenvalue weighted by molar-refractivity contribution is 7.99. The first-order valence-corrected chi connectivity index (χ1v) is 13.5. The van der Waals surface area contributed by atoms with Crippen molar-refractivity contribution in [3.8, 4) is 0 Å². The van der Waals surface area contributed by atoms with Gasteiger partial charge in [0, 0.05) is 24.5 Å². The molecule has 0 radical (unpaired) electrons. The quantitative estimate of drug-likeness (QED) is 0.528. The molecule has 4 rings (SSSR count). The van der Waals surface area contributed by atoms with Gasteiger partial charge in [0.05, 0.1) is 10.6 Å². The molecule has 6 heteroatoms. The third-order valence-electron chi connectivity index (χ3n) is 7.96. The summed E-state index contributed by atoms with van der Waals surface area (Å²) in [5.74, 6) is 3.96. The van der Waals surface area contributed by atoms with Gasteiger partial charge >= 0.3 is 0 Å². The van der Waals surface area contributed by atoms with Crippen LogP contribution in [0.25, 0.3) is 0 Å². The number of anilines is 1. The van der Waals surface area contributed by atoms with E-state index in [1.807, 2.05) is 11.8 Å². The normalized spacial score (nSPS) is 26.9. The third-order valence-corrected chi connectivity index (χ3v) is 9.16. The number of nitrogens with one attached hydrogen (secondary N) is 1. The van der Waals surface area contributed by atoms with E-state index in [9.17, 15) is 4.79 Å². The van der Waals surface area contributed by atoms with Crippen molar-refractivity contribution in [2.24, 2.45) is 17.3 Å². The Bertz CT molecular complexity index is 758. The van der Waals surface area contributed by atoms with E-state index in [0.29, 0.717) is 17.9 Å². The molecule has 0 bridgehead atoms. The first-order valence-electron chi connectivity index (χ1n) is 12.6. The summed E-state index contributed by atoms with van der Waals surface area (Å²) in [6.07, 6.45) is 13.2. The van der Waals surface area contributed by atoms with Crippen molar-refractivity contribution in [1.29, 1.82) is 0 Å². The second kappa shape index (κ2) is 10.1. The lowest BCUT2D eigenvalue weighted by Crippen LogP contribution is -2.43. The topological polar surface area (TPSA) is 58.1 Å². The zero-order valence-corrected chi connectivity index (χ0v) is 20.5. The van der Waals surface area contributed by atoms with Gasteiger partial charge in [0.15, 0.2) is 0 Å². The molecule has 5 nitrogen and oxygen atoms in total. The van der Waals surface area contributed by atoms with Crippen molar-refractivity contribution >= 4 is 23.5 Å². The van der Waals surface area contributed by atoms with Crippen molar-refractivity contribution in [1.82, 2.24) is 15.3 Å². The molecule has 2 aliphatic heterocycles. The molecule has 3 heterocycles. The van der Waals surface area contributed by atoms with E-state index < -0.39 is 0 Å². The summed E-state index contributed by atoms with van der Waals surface area (Å²) in [6, 6.07) is 0.347. The number of carbonyl (C=O) groups is 1. The van der Waals surface area contributed by atoms with E-state index >= 15 is 0 Å². The monoisotopic (exact) mass is 444 g/mol. The van der Waals surface area contributed by atoms with Crippen LogP contribution >= 0.6 is 11.8 Å². The van der Waals surface area contributed by atoms with Crippen LogP contribution in [0, 0.1) is 17.3 Å². The molecule has 1 saturated heterocycles. The molecular formula is C25H40N4OS. The molecule has 1 amide bonds. The van der Waals surface area contributed by atoms with Crippen molar-refractivity contribution < 1.29 is 4.79 Å². The maximum atomic E-state index is 13.1. The van der Waals surface area contributed by atoms with Crippen molar-refractivity contribution in [3.05, 3.63) is 12.0 Å². The molecular weight excluding hydrogens is 404 g/mol. The largest absolute Gasteiger partial charge is 0.355 e. The van der Waals surface area contributed by atoms with Crippen molar-refractivity contribution in [2.45, 2.75) is 95.9 Å². The Balaban J connectivity index is 1.31. The van der Waals surface area contributed by atoms with Gasteiger partial charge in [-0.15, -0.1) is 11.8 Å². The van der Waals surface area contributed by atoms with Crippen LogP contribution in [0.1, 0.15) is 84.3 Å². The lowest BCUT2D eigenvalue weighted by atomic mass is 9.81. The van der Waals surface area contributed by atoms with Crippen LogP contribution in [0.2, 0.25) is 0 Å². The summed E-state index contributed by atoms with van der Waals surface area (Å²) in [5, 5.41) is 3.46. The minimum absolute atomic E-state index is 0.214. The van der Waals surface area contributed by atoms with Gasteiger partial charge in [-0.25, -0.2) is 9.97 Å². The number of hydrogen-bond acceptors (Lipinski definition) is 5. The molecule has 1 N–H and O–H groups in total. The van der Waals surface area contributed by atoms with Gasteiger partial charge in [0.2, 0.25) is 5.91 Å². The standard InChI is InChI=1S/C25H40N4OS/c1-4-6-7-8-11-25(3,5-2)24(30)28-20-13-18-15-29(16-19(18)14-20)23-22-21(26-17-27-23)10-9-12-31-22/h17-20H,4-16H2,1-3H3,(H,28,30). The Labute approximate surface area is 192 Å². The summed E-state index contributed by atoms with van der Waals surface area (Å²) in [5.41, 5.74) is 1.02. The number of aryl methyl sites for hydroxylation is 1. The van der Waals surface area contributed by atoms with E-state index in [4.69, 9.17) is 0 Å². The number of fused-ring (bicyclic) bond motifs is 2. The second-order valence-corrected chi connectivity index (χ2v) is 11.3. The van der Waals surface area contributed by atoms with Crippen LogP contribution in [0.5, 0.6) is 0 Å². The van der Waals surface area contributed by atoms with E-state index in [1.165, 1.54) is 42.0 Å². The lowest BCUT2D eigenvalue weighted by Gasteiger charge is -2.30. The summed E-state index contributed by atoms with van der Waals surface area (Å²) < 4.78 is 0. The van der Waals surface area contributed by atoms with Crippen LogP contribution in [0.4, 0.5) is 5.82 Å². The van der Waals surface area contributed by atoms with Crippen LogP contribution in [0.3, 0.4) is 0 Å². The maximum absolute atomic E-state index is 13.1. The number of carbonyl (C=O) groups excluding carboxylic acids is 1. The van der Waals surface area contributed by atoms with Gasteiger partial charge in [-0.3, -0.25) is 4.79 Å². The second-order valence-electron chi connectivity index (χ2n) is 10.2. The number of unbranched alkanes of at least 4 members (excludes halogenated alkanes) is 3. The van der Waals surface area contributed by atoms with Crippen molar-refractivity contribution in [2.75, 3.05) is 23.7 Å². The Morgan fingerprint density at radius 1 is 1.19 bits per heavy atom. The Kier molecular flexibility index (Phi) is 7.45. The summed E-state index contributed by atoms with van der Waals surface area (Å²) in [6.45, 7) is 8.72. The van der Waals surface area contributed by atoms with Crippen molar-refractivity contribution in [3.63, 3.8) is 0 Å². The summed E-state index contributed by atoms with van der Waals surface area (Å²) >= 11 is 1.93. The van der Waals surface area contributed by atoms with Gasteiger partial charge in [0.25, 0.3) is 0 Å². The molecule has 1 aromatic rings. The fraction of sp³-hybridized carbons (Fsp3) is 0.800. The lowest BCUT2D eigenvalue weighted by molar-refractivity contribution is -0.131. The first-order chi connectivity index (χ1) is 15.0. The number of rotatable bonds is 9. The molecule has 172 valence electrons. The number of amides is 1. The third kappa shape index (κ3) is 5.04. The smallest absolute Gasteiger partial charge is 0.226 e. The highest BCUT2D eigenvalue weighted by Crippen LogP contribution is 2.43. The van der Waals surface area contributed by atoms with E-state index in [2.05, 4.69) is 41.0 Å². The van der Waals surface area contributed by atoms with E-state index in [0.717, 1.165) is 57.4 Å². The van der Waals surface area contributed by atoms with Crippen LogP contribution in [0.15, 0.2) is 11.2 Å². The molecule has 3 unspecified atom stereocenters. The molecule has 1 aliphatic carbocycles. The van der Waals surface area contributed by atoms with Crippen LogP contribution in [-0.2, 0) is 11.2 Å². The Hall–Kier alpha value is -1.30. The number of thioether (sulfide) groups is 1. The number of nitrogens with zero attached hydrogens (tertiary/aromatic N) is 3. The Morgan fingerprint density at radius 2 is 1.97 bits per heavy atom. The predicted octanol–water partition coefficient (Wildman–Crippen LogP) is 5.23. The SMILES string of the molecule is CCCCCCC(C)(CC)C(=O)NC1CC2CN(c3ncnc4c3SCCC4)CC2C1. The molecule has 1 aromatic heterocycles. The molecule has 3 aliphatic rings. The van der Waals surface area contributed by atoms with Gasteiger partial charge in [0.1, 0.15) is 12.1 Å². The van der Waals surface area contributed by atoms with E-state index in [-0.39, 0.29) is 11.3 Å². The molecule has 3 atom stereocenters. The average Bonchev–Trinajstić information content (AvgIpc) is 3.34. The fourth-order valence-electron chi connectivity index (χ4n) is 5.71. The zero-order valence-electron chi connectivity index (χ0n) is 19.7. The minimum Gasteiger partial charge on any atom is -0.355 e. The predicted molar refractivity (Wildman–Crippen MR) is 129 cm³/mol. The summed E-state index contributed by atoms with van der Waals surface area (Å²) in [4.78, 5) is 26.2. The fourth-order valence-corrected chi connectivity index (χ4v) is 6.83. The Morgan fingerprint density at radius 3 is 2.68 bits per heavy atom. The average molecular weight is 445 g/mol. The van der Waals surface area contributed by atoms with Gasteiger partial charge in [-0.1, -0.05) is 46.5 Å². The molecule has 31 heavy (non-hydrogen) atoms. The molecule has 0 spiro atoms. The minimum atomic E-state index is -0.214. The summed E-state index contributed by atoms with van der Waals surface area (Å²) in [7, 11) is 0. The number of hydrogen-bond donors (Lipinski definition) is 1. The van der Waals surface area contributed by atoms with Gasteiger partial charge in [-0.05, 0) is 56.1 Å². The molecule has 2 fully saturated rings. The highest BCUT2D eigenvalue weighted by atomic mass is 32.2. The van der Waals surface area contributed by atoms with Gasteiger partial charge in [-0.2, -0.15) is 0 Å². The molecule has 0 aromatic carbocycles. The highest BCUT2D eigenvalue weighted by Gasteiger charge is 2.43. The number of aromatic nitrogens is 2. The van der Waals surface area contributed by atoms with Gasteiger partial charge < -0.3 is 10.2 Å².